The molecule has 2 aromatic carbocycles. The van der Waals surface area contributed by atoms with Gasteiger partial charge in [-0.05, 0) is 47.7 Å². The lowest BCUT2D eigenvalue weighted by Gasteiger charge is -2.17. The average molecular weight is 366 g/mol. The minimum Gasteiger partial charge on any atom is -0.497 e. The van der Waals surface area contributed by atoms with E-state index in [4.69, 9.17) is 16.3 Å². The lowest BCUT2D eigenvalue weighted by molar-refractivity contribution is 0.414. The van der Waals surface area contributed by atoms with Crippen molar-refractivity contribution in [1.82, 2.24) is 4.31 Å². The summed E-state index contributed by atoms with van der Waals surface area (Å²) in [6.07, 6.45) is 0.834. The molecule has 0 spiro atoms. The van der Waals surface area contributed by atoms with E-state index in [1.54, 1.807) is 35.7 Å². The van der Waals surface area contributed by atoms with Gasteiger partial charge in [0.05, 0.1) is 12.9 Å². The van der Waals surface area contributed by atoms with Gasteiger partial charge >= 0.3 is 0 Å². The van der Waals surface area contributed by atoms with Crippen LogP contribution >= 0.6 is 11.6 Å². The molecule has 1 fully saturated rings. The first kappa shape index (κ1) is 17.3. The smallest absolute Gasteiger partial charge is 0.218 e. The molecule has 6 heteroatoms. The quantitative estimate of drug-likeness (QED) is 0.812. The van der Waals surface area contributed by atoms with Gasteiger partial charge in [-0.3, -0.25) is 0 Å². The lowest BCUT2D eigenvalue weighted by Crippen LogP contribution is -2.29. The minimum atomic E-state index is -3.33. The lowest BCUT2D eigenvalue weighted by atomic mass is 9.99. The third-order valence-electron chi connectivity index (χ3n) is 4.37. The molecule has 2 aromatic rings. The Bertz CT molecular complexity index is 805. The van der Waals surface area contributed by atoms with Crippen LogP contribution in [0.1, 0.15) is 23.5 Å². The molecule has 0 N–H and O–H groups in total. The molecule has 3 rings (SSSR count). The summed E-state index contributed by atoms with van der Waals surface area (Å²) in [6.45, 7) is 1.08. The number of sulfonamides is 1. The van der Waals surface area contributed by atoms with Gasteiger partial charge in [0.15, 0.2) is 0 Å². The predicted octanol–water partition coefficient (Wildman–Crippen LogP) is 3.67. The van der Waals surface area contributed by atoms with E-state index in [9.17, 15) is 8.42 Å². The van der Waals surface area contributed by atoms with Crippen LogP contribution in [-0.2, 0) is 15.8 Å². The van der Waals surface area contributed by atoms with Crippen LogP contribution in [0.4, 0.5) is 0 Å². The van der Waals surface area contributed by atoms with Crippen molar-refractivity contribution in [3.63, 3.8) is 0 Å². The van der Waals surface area contributed by atoms with Gasteiger partial charge in [-0.1, -0.05) is 35.9 Å². The average Bonchev–Trinajstić information content (AvgIpc) is 3.05. The molecule has 0 bridgehead atoms. The van der Waals surface area contributed by atoms with Gasteiger partial charge in [-0.2, -0.15) is 0 Å². The maximum absolute atomic E-state index is 12.7. The Kier molecular flexibility index (Phi) is 5.13. The SMILES string of the molecule is COc1ccc(C2CCN(S(=O)(=O)Cc3cccc(Cl)c3)C2)cc1. The second-order valence-corrected chi connectivity index (χ2v) is 8.41. The molecule has 0 aromatic heterocycles. The van der Waals surface area contributed by atoms with E-state index in [-0.39, 0.29) is 11.7 Å². The topological polar surface area (TPSA) is 46.6 Å². The van der Waals surface area contributed by atoms with E-state index >= 15 is 0 Å². The molecule has 1 aliphatic heterocycles. The van der Waals surface area contributed by atoms with Crippen LogP contribution in [-0.4, -0.2) is 32.9 Å². The summed E-state index contributed by atoms with van der Waals surface area (Å²) in [6, 6.07) is 14.9. The maximum Gasteiger partial charge on any atom is 0.218 e. The zero-order valence-corrected chi connectivity index (χ0v) is 15.1. The van der Waals surface area contributed by atoms with Crippen LogP contribution in [0, 0.1) is 0 Å². The normalized spacial score (nSPS) is 18.7. The Hall–Kier alpha value is -1.56. The third kappa shape index (κ3) is 3.91. The molecule has 128 valence electrons. The van der Waals surface area contributed by atoms with Gasteiger partial charge in [-0.15, -0.1) is 0 Å². The zero-order chi connectivity index (χ0) is 17.2. The van der Waals surface area contributed by atoms with E-state index in [1.165, 1.54) is 0 Å². The summed E-state index contributed by atoms with van der Waals surface area (Å²) in [5.74, 6) is 1.02. The molecule has 1 heterocycles. The van der Waals surface area contributed by atoms with Gasteiger partial charge in [0, 0.05) is 18.1 Å². The molecule has 1 saturated heterocycles. The number of rotatable bonds is 5. The third-order valence-corrected chi connectivity index (χ3v) is 6.42. The highest BCUT2D eigenvalue weighted by atomic mass is 35.5. The van der Waals surface area contributed by atoms with Crippen LogP contribution in [0.25, 0.3) is 0 Å². The summed E-state index contributed by atoms with van der Waals surface area (Å²) in [4.78, 5) is 0. The highest BCUT2D eigenvalue weighted by Crippen LogP contribution is 2.31. The number of methoxy groups -OCH3 is 1. The van der Waals surface area contributed by atoms with Gasteiger partial charge in [0.1, 0.15) is 5.75 Å². The number of ether oxygens (including phenoxy) is 1. The summed E-state index contributed by atoms with van der Waals surface area (Å²) in [5, 5.41) is 0.556. The van der Waals surface area contributed by atoms with Crippen molar-refractivity contribution in [2.24, 2.45) is 0 Å². The Morgan fingerprint density at radius 2 is 1.96 bits per heavy atom. The van der Waals surface area contributed by atoms with Crippen LogP contribution in [0.15, 0.2) is 48.5 Å². The summed E-state index contributed by atoms with van der Waals surface area (Å²) in [5.41, 5.74) is 1.87. The fourth-order valence-corrected chi connectivity index (χ4v) is 4.84. The van der Waals surface area contributed by atoms with Crippen LogP contribution in [0.5, 0.6) is 5.75 Å². The Morgan fingerprint density at radius 1 is 1.21 bits per heavy atom. The molecule has 1 atom stereocenters. The monoisotopic (exact) mass is 365 g/mol. The zero-order valence-electron chi connectivity index (χ0n) is 13.5. The van der Waals surface area contributed by atoms with Crippen molar-refractivity contribution in [2.75, 3.05) is 20.2 Å². The molecule has 4 nitrogen and oxygen atoms in total. The second-order valence-electron chi connectivity index (χ2n) is 6.00. The van der Waals surface area contributed by atoms with Crippen molar-refractivity contribution in [1.29, 1.82) is 0 Å². The number of hydrogen-bond donors (Lipinski definition) is 0. The van der Waals surface area contributed by atoms with Crippen LogP contribution < -0.4 is 4.74 Å². The first-order chi connectivity index (χ1) is 11.5. The van der Waals surface area contributed by atoms with E-state index in [2.05, 4.69) is 0 Å². The minimum absolute atomic E-state index is 0.0110. The van der Waals surface area contributed by atoms with Crippen molar-refractivity contribution in [3.05, 3.63) is 64.7 Å². The Labute approximate surface area is 148 Å². The molecular formula is C18H20ClNO3S. The Morgan fingerprint density at radius 3 is 2.62 bits per heavy atom. The Balaban J connectivity index is 1.69. The molecular weight excluding hydrogens is 346 g/mol. The summed E-state index contributed by atoms with van der Waals surface area (Å²) in [7, 11) is -1.70. The van der Waals surface area contributed by atoms with Crippen molar-refractivity contribution in [2.45, 2.75) is 18.1 Å². The number of hydrogen-bond acceptors (Lipinski definition) is 3. The van der Waals surface area contributed by atoms with E-state index < -0.39 is 10.0 Å². The van der Waals surface area contributed by atoms with Gasteiger partial charge in [0.2, 0.25) is 10.0 Å². The van der Waals surface area contributed by atoms with Crippen LogP contribution in [0.2, 0.25) is 5.02 Å². The molecule has 0 radical (unpaired) electrons. The van der Waals surface area contributed by atoms with Crippen molar-refractivity contribution < 1.29 is 13.2 Å². The maximum atomic E-state index is 12.7. The molecule has 0 aliphatic carbocycles. The molecule has 1 unspecified atom stereocenters. The summed E-state index contributed by atoms with van der Waals surface area (Å²) < 4.78 is 32.1. The van der Waals surface area contributed by atoms with Crippen LogP contribution in [0.3, 0.4) is 0 Å². The van der Waals surface area contributed by atoms with E-state index in [1.807, 2.05) is 24.3 Å². The summed E-state index contributed by atoms with van der Waals surface area (Å²) >= 11 is 5.94. The first-order valence-electron chi connectivity index (χ1n) is 7.84. The number of benzene rings is 2. The largest absolute Gasteiger partial charge is 0.497 e. The highest BCUT2D eigenvalue weighted by molar-refractivity contribution is 7.88. The van der Waals surface area contributed by atoms with Crippen molar-refractivity contribution >= 4 is 21.6 Å². The van der Waals surface area contributed by atoms with Crippen molar-refractivity contribution in [3.8, 4) is 5.75 Å². The molecule has 0 amide bonds. The van der Waals surface area contributed by atoms with Gasteiger partial charge in [0.25, 0.3) is 0 Å². The molecule has 1 aliphatic rings. The number of halogens is 1. The van der Waals surface area contributed by atoms with Gasteiger partial charge in [-0.25, -0.2) is 12.7 Å². The molecule has 24 heavy (non-hydrogen) atoms. The van der Waals surface area contributed by atoms with E-state index in [0.717, 1.165) is 23.3 Å². The second kappa shape index (κ2) is 7.13. The van der Waals surface area contributed by atoms with Gasteiger partial charge < -0.3 is 4.74 Å². The first-order valence-corrected chi connectivity index (χ1v) is 9.83. The fraction of sp³-hybridized carbons (Fsp3) is 0.333. The number of nitrogens with zero attached hydrogens (tertiary/aromatic N) is 1. The highest BCUT2D eigenvalue weighted by Gasteiger charge is 2.32. The van der Waals surface area contributed by atoms with E-state index in [0.29, 0.717) is 18.1 Å². The fourth-order valence-electron chi connectivity index (χ4n) is 3.06. The predicted molar refractivity (Wildman–Crippen MR) is 96.0 cm³/mol. The standard InChI is InChI=1S/C18H20ClNO3S/c1-23-18-7-5-15(6-8-18)16-9-10-20(12-16)24(21,22)13-14-3-2-4-17(19)11-14/h2-8,11,16H,9-10,12-13H2,1H3. The molecule has 0 saturated carbocycles.